The van der Waals surface area contributed by atoms with Gasteiger partial charge in [0.2, 0.25) is 0 Å². The summed E-state index contributed by atoms with van der Waals surface area (Å²) >= 11 is 0. The van der Waals surface area contributed by atoms with Gasteiger partial charge >= 0.3 is 0 Å². The van der Waals surface area contributed by atoms with Gasteiger partial charge in [0, 0.05) is 12.2 Å². The molecule has 0 saturated carbocycles. The fourth-order valence-electron chi connectivity index (χ4n) is 0.705. The van der Waals surface area contributed by atoms with E-state index < -0.39 is 0 Å². The lowest BCUT2D eigenvalue weighted by Crippen LogP contribution is -1.93. The summed E-state index contributed by atoms with van der Waals surface area (Å²) in [4.78, 5) is 3.91. The lowest BCUT2D eigenvalue weighted by Gasteiger charge is -1.95. The summed E-state index contributed by atoms with van der Waals surface area (Å²) in [5.74, 6) is 0. The number of hydrogen-bond acceptors (Lipinski definition) is 1. The van der Waals surface area contributed by atoms with Crippen LogP contribution in [-0.2, 0) is 0 Å². The minimum absolute atomic E-state index is 0.764. The quantitative estimate of drug-likeness (QED) is 0.395. The highest BCUT2D eigenvalue weighted by molar-refractivity contribution is 5.75. The molecule has 0 unspecified atom stereocenters. The lowest BCUT2D eigenvalue weighted by atomic mass is 10.3. The number of hydrogen-bond donors (Lipinski definition) is 1. The first-order valence-electron chi connectivity index (χ1n) is 3.66. The molecular weight excluding hydrogens is 136 g/mol. The predicted molar refractivity (Wildman–Crippen MR) is 48.0 cm³/mol. The van der Waals surface area contributed by atoms with Crippen LogP contribution in [0, 0.1) is 0 Å². The van der Waals surface area contributed by atoms with E-state index in [1.54, 1.807) is 0 Å². The third-order valence-corrected chi connectivity index (χ3v) is 1.21. The van der Waals surface area contributed by atoms with E-state index in [0.29, 0.717) is 0 Å². The predicted octanol–water partition coefficient (Wildman–Crippen LogP) is 2.02. The fraction of sp³-hybridized carbons (Fsp3) is 0.222. The summed E-state index contributed by atoms with van der Waals surface area (Å²) in [7, 11) is 0. The Morgan fingerprint density at radius 3 is 2.73 bits per heavy atom. The Hall–Kier alpha value is -1.31. The first-order chi connectivity index (χ1) is 5.43. The maximum absolute atomic E-state index is 3.91. The molecule has 0 amide bonds. The number of para-hydroxylation sites is 1. The molecule has 0 fully saturated rings. The second-order valence-corrected chi connectivity index (χ2v) is 2.08. The van der Waals surface area contributed by atoms with Crippen molar-refractivity contribution in [1.29, 1.82) is 0 Å². The van der Waals surface area contributed by atoms with E-state index in [9.17, 15) is 0 Å². The molecule has 1 aromatic carbocycles. The third-order valence-electron chi connectivity index (χ3n) is 1.21. The van der Waals surface area contributed by atoms with Gasteiger partial charge < -0.3 is 5.32 Å². The van der Waals surface area contributed by atoms with Crippen molar-refractivity contribution in [2.24, 2.45) is 4.99 Å². The zero-order valence-corrected chi connectivity index (χ0v) is 6.54. The molecule has 0 aromatic heterocycles. The second kappa shape index (κ2) is 4.50. The summed E-state index contributed by atoms with van der Waals surface area (Å²) in [6.45, 7) is 2.74. The molecule has 11 heavy (non-hydrogen) atoms. The summed E-state index contributed by atoms with van der Waals surface area (Å²) in [6.07, 6.45) is 2.73. The van der Waals surface area contributed by atoms with E-state index in [2.05, 4.69) is 16.6 Å². The van der Waals surface area contributed by atoms with Crippen molar-refractivity contribution in [2.45, 2.75) is 6.92 Å². The van der Waals surface area contributed by atoms with Crippen LogP contribution in [0.5, 0.6) is 0 Å². The zero-order valence-electron chi connectivity index (χ0n) is 6.54. The van der Waals surface area contributed by atoms with Crippen molar-refractivity contribution in [1.82, 2.24) is 0 Å². The number of nitrogens with one attached hydrogen (secondary N) is 1. The molecule has 0 spiro atoms. The number of aliphatic imine (C=N–C) groups is 1. The first-order valence-corrected chi connectivity index (χ1v) is 3.66. The zero-order chi connectivity index (χ0) is 7.94. The Morgan fingerprint density at radius 1 is 1.36 bits per heavy atom. The van der Waals surface area contributed by atoms with Gasteiger partial charge in [0.1, 0.15) is 0 Å². The lowest BCUT2D eigenvalue weighted by molar-refractivity contribution is 1.14. The largest absolute Gasteiger partial charge is 0.337 e. The van der Waals surface area contributed by atoms with Gasteiger partial charge in [0.05, 0.1) is 0 Å². The van der Waals surface area contributed by atoms with Gasteiger partial charge in [0.25, 0.3) is 0 Å². The van der Waals surface area contributed by atoms with Gasteiger partial charge in [-0.1, -0.05) is 18.2 Å². The van der Waals surface area contributed by atoms with Gasteiger partial charge in [-0.15, -0.1) is 0 Å². The van der Waals surface area contributed by atoms with Crippen molar-refractivity contribution in [3.8, 4) is 0 Å². The van der Waals surface area contributed by atoms with Crippen LogP contribution in [0.15, 0.2) is 35.3 Å². The molecule has 1 radical (unpaired) electrons. The Morgan fingerprint density at radius 2 is 2.09 bits per heavy atom. The normalized spacial score (nSPS) is 10.3. The third kappa shape index (κ3) is 2.85. The number of rotatable bonds is 3. The summed E-state index contributed by atoms with van der Waals surface area (Å²) in [5, 5.41) is 2.93. The highest BCUT2D eigenvalue weighted by atomic mass is 14.9. The van der Waals surface area contributed by atoms with E-state index in [0.717, 1.165) is 12.2 Å². The van der Waals surface area contributed by atoms with E-state index in [-0.39, 0.29) is 0 Å². The molecule has 0 aliphatic rings. The Bertz CT molecular complexity index is 216. The van der Waals surface area contributed by atoms with Gasteiger partial charge in [-0.25, -0.2) is 0 Å². The molecule has 0 saturated heterocycles. The molecule has 2 heteroatoms. The highest BCUT2D eigenvalue weighted by Gasteiger charge is 1.82. The number of benzene rings is 1. The molecule has 0 atom stereocenters. The van der Waals surface area contributed by atoms with Gasteiger partial charge in [-0.05, 0) is 19.1 Å². The van der Waals surface area contributed by atoms with E-state index in [1.165, 1.54) is 0 Å². The molecular formula is C9H11N2. The first kappa shape index (κ1) is 7.79. The molecule has 1 N–H and O–H groups in total. The maximum Gasteiger partial charge on any atom is 0.168 e. The number of anilines is 1. The molecule has 0 bridgehead atoms. The molecule has 0 aliphatic carbocycles. The summed E-state index contributed by atoms with van der Waals surface area (Å²) in [5.41, 5.74) is 1.02. The van der Waals surface area contributed by atoms with Crippen LogP contribution >= 0.6 is 0 Å². The van der Waals surface area contributed by atoms with Crippen molar-refractivity contribution >= 4 is 12.0 Å². The van der Waals surface area contributed by atoms with Crippen LogP contribution in [0.4, 0.5) is 5.69 Å². The average molecular weight is 147 g/mol. The monoisotopic (exact) mass is 147 g/mol. The van der Waals surface area contributed by atoms with Gasteiger partial charge in [-0.3, -0.25) is 4.99 Å². The molecule has 57 valence electrons. The number of nitrogens with zero attached hydrogens (tertiary/aromatic N) is 1. The van der Waals surface area contributed by atoms with E-state index in [4.69, 9.17) is 0 Å². The van der Waals surface area contributed by atoms with Crippen LogP contribution in [-0.4, -0.2) is 12.9 Å². The Kier molecular flexibility index (Phi) is 3.19. The molecule has 0 heterocycles. The van der Waals surface area contributed by atoms with E-state index in [1.807, 2.05) is 37.3 Å². The van der Waals surface area contributed by atoms with Crippen LogP contribution in [0.25, 0.3) is 0 Å². The Balaban J connectivity index is 2.45. The summed E-state index contributed by atoms with van der Waals surface area (Å²) < 4.78 is 0. The van der Waals surface area contributed by atoms with Crippen LogP contribution in [0.2, 0.25) is 0 Å². The molecule has 0 aliphatic heterocycles. The standard InChI is InChI=1S/C9H11N2/c1-2-10-8-11-9-6-4-3-5-7-9/h3-7H,2H2,1H3,(H,10,11). The van der Waals surface area contributed by atoms with Gasteiger partial charge in [0.15, 0.2) is 6.34 Å². The van der Waals surface area contributed by atoms with Crippen LogP contribution in [0.3, 0.4) is 0 Å². The van der Waals surface area contributed by atoms with Crippen molar-refractivity contribution in [3.05, 3.63) is 30.3 Å². The minimum Gasteiger partial charge on any atom is -0.337 e. The van der Waals surface area contributed by atoms with Crippen molar-refractivity contribution in [3.63, 3.8) is 0 Å². The van der Waals surface area contributed by atoms with Crippen molar-refractivity contribution in [2.75, 3.05) is 11.9 Å². The van der Waals surface area contributed by atoms with Gasteiger partial charge in [-0.2, -0.15) is 0 Å². The van der Waals surface area contributed by atoms with Crippen molar-refractivity contribution < 1.29 is 0 Å². The maximum atomic E-state index is 3.91. The fourth-order valence-corrected chi connectivity index (χ4v) is 0.705. The minimum atomic E-state index is 0.764. The van der Waals surface area contributed by atoms with E-state index >= 15 is 0 Å². The van der Waals surface area contributed by atoms with Crippen LogP contribution < -0.4 is 5.32 Å². The average Bonchev–Trinajstić information content (AvgIpc) is 2.07. The molecule has 1 aromatic rings. The van der Waals surface area contributed by atoms with Crippen LogP contribution in [0.1, 0.15) is 6.92 Å². The smallest absolute Gasteiger partial charge is 0.168 e. The summed E-state index contributed by atoms with van der Waals surface area (Å²) in [6, 6.07) is 9.85. The second-order valence-electron chi connectivity index (χ2n) is 2.08. The molecule has 2 nitrogen and oxygen atoms in total. The Labute approximate surface area is 67.0 Å². The SMILES string of the molecule is CC/N=[C]/Nc1ccccc1. The molecule has 1 rings (SSSR count). The highest BCUT2D eigenvalue weighted by Crippen LogP contribution is 2.02. The topological polar surface area (TPSA) is 24.4 Å².